The lowest BCUT2D eigenvalue weighted by Gasteiger charge is -2.23. The summed E-state index contributed by atoms with van der Waals surface area (Å²) in [5, 5.41) is 40.2. The van der Waals surface area contributed by atoms with Gasteiger partial charge >= 0.3 is 15.6 Å². The summed E-state index contributed by atoms with van der Waals surface area (Å²) in [5.74, 6) is -0.764. The van der Waals surface area contributed by atoms with Crippen LogP contribution in [0.15, 0.2) is 30.9 Å². The van der Waals surface area contributed by atoms with Gasteiger partial charge in [-0.2, -0.15) is 4.31 Å². The van der Waals surface area contributed by atoms with Crippen LogP contribution in [-0.4, -0.2) is 111 Å². The zero-order valence-corrected chi connectivity index (χ0v) is 24.2. The first-order valence-corrected chi connectivity index (χ1v) is 15.5. The second kappa shape index (κ2) is 14.0. The van der Waals surface area contributed by atoms with Crippen LogP contribution in [0.2, 0.25) is 0 Å². The molecule has 1 saturated heterocycles. The molecular formula is C21H29N7O14P2. The van der Waals surface area contributed by atoms with Crippen molar-refractivity contribution in [3.63, 3.8) is 0 Å². The molecule has 0 spiro atoms. The minimum atomic E-state index is -5.39. The molecule has 1 fully saturated rings. The molecule has 3 aromatic rings. The molecule has 4 heterocycles. The number of phosphoric acid groups is 2. The van der Waals surface area contributed by atoms with Crippen LogP contribution in [0.1, 0.15) is 22.4 Å². The van der Waals surface area contributed by atoms with Crippen molar-refractivity contribution in [2.45, 2.75) is 43.4 Å². The molecule has 1 amide bonds. The van der Waals surface area contributed by atoms with Crippen molar-refractivity contribution in [3.8, 4) is 0 Å². The predicted octanol–water partition coefficient (Wildman–Crippen LogP) is -2.29. The van der Waals surface area contributed by atoms with Crippen molar-refractivity contribution >= 4 is 38.5 Å². The Morgan fingerprint density at radius 1 is 1.11 bits per heavy atom. The van der Waals surface area contributed by atoms with Gasteiger partial charge in [-0.05, 0) is 12.1 Å². The number of aliphatic hydroxyl groups excluding tert-OH is 4. The first-order chi connectivity index (χ1) is 20.7. The number of carbonyl (C=O) groups excluding carboxylic acids is 1. The van der Waals surface area contributed by atoms with Crippen molar-refractivity contribution in [1.82, 2.24) is 24.5 Å². The first-order valence-electron chi connectivity index (χ1n) is 12.5. The van der Waals surface area contributed by atoms with Crippen LogP contribution in [-0.2, 0) is 38.6 Å². The topological polar surface area (TPSA) is 327 Å². The normalized spacial score (nSPS) is 24.5. The number of phosphoric ester groups is 2. The van der Waals surface area contributed by atoms with E-state index in [0.29, 0.717) is 0 Å². The van der Waals surface area contributed by atoms with Crippen LogP contribution < -0.4 is 11.5 Å². The highest BCUT2D eigenvalue weighted by Gasteiger charge is 2.46. The zero-order chi connectivity index (χ0) is 32.2. The fourth-order valence-corrected chi connectivity index (χ4v) is 6.03. The second-order valence-corrected chi connectivity index (χ2v) is 12.3. The summed E-state index contributed by atoms with van der Waals surface area (Å²) in [7, 11) is -10.8. The third-order valence-corrected chi connectivity index (χ3v) is 8.73. The average Bonchev–Trinajstić information content (AvgIpc) is 3.52. The van der Waals surface area contributed by atoms with Crippen LogP contribution in [0.4, 0.5) is 5.82 Å². The Hall–Kier alpha value is -3.01. The van der Waals surface area contributed by atoms with Gasteiger partial charge in [0.2, 0.25) is 0 Å². The fraction of sp³-hybridized carbons (Fsp3) is 0.476. The highest BCUT2D eigenvalue weighted by atomic mass is 31.3. The molecular weight excluding hydrogens is 636 g/mol. The Morgan fingerprint density at radius 2 is 1.84 bits per heavy atom. The Kier molecular flexibility index (Phi) is 10.7. The fourth-order valence-electron chi connectivity index (χ4n) is 3.94. The van der Waals surface area contributed by atoms with Crippen LogP contribution in [0, 0.1) is 0 Å². The van der Waals surface area contributed by atoms with Crippen molar-refractivity contribution in [3.05, 3.63) is 42.2 Å². The van der Waals surface area contributed by atoms with E-state index in [2.05, 4.69) is 28.8 Å². The average molecular weight is 665 g/mol. The molecule has 1 aliphatic heterocycles. The molecule has 10 N–H and O–H groups in total. The molecule has 0 aromatic carbocycles. The van der Waals surface area contributed by atoms with Crippen LogP contribution in [0.25, 0.3) is 11.2 Å². The number of nitrogens with two attached hydrogens (primary N) is 2. The maximum absolute atomic E-state index is 12.4. The Balaban J connectivity index is 1.32. The molecule has 44 heavy (non-hydrogen) atoms. The van der Waals surface area contributed by atoms with Gasteiger partial charge in [0.25, 0.3) is 5.91 Å². The van der Waals surface area contributed by atoms with E-state index in [1.807, 2.05) is 0 Å². The summed E-state index contributed by atoms with van der Waals surface area (Å²) >= 11 is 0. The van der Waals surface area contributed by atoms with Crippen LogP contribution in [0.3, 0.4) is 0 Å². The number of aromatic nitrogens is 5. The number of pyridine rings is 1. The Morgan fingerprint density at radius 3 is 2.55 bits per heavy atom. The number of nitrogen functional groups attached to an aromatic ring is 1. The summed E-state index contributed by atoms with van der Waals surface area (Å²) in [6, 6.07) is 4.25. The number of carbonyl (C=O) groups is 1. The number of primary amides is 1. The molecule has 3 aromatic heterocycles. The number of rotatable bonds is 15. The van der Waals surface area contributed by atoms with Gasteiger partial charge in [-0.1, -0.05) is 6.07 Å². The molecule has 21 nitrogen and oxygen atoms in total. The molecule has 8 atom stereocenters. The largest absolute Gasteiger partial charge is 0.481 e. The smallest absolute Gasteiger partial charge is 0.394 e. The number of ether oxygens (including phenoxy) is 2. The van der Waals surface area contributed by atoms with Gasteiger partial charge in [-0.25, -0.2) is 29.1 Å². The number of aliphatic hydroxyl groups is 4. The minimum Gasteiger partial charge on any atom is -0.394 e. The molecule has 0 saturated carbocycles. The van der Waals surface area contributed by atoms with E-state index in [-0.39, 0.29) is 35.0 Å². The van der Waals surface area contributed by atoms with Gasteiger partial charge in [0, 0.05) is 0 Å². The highest BCUT2D eigenvalue weighted by Crippen LogP contribution is 2.60. The summed E-state index contributed by atoms with van der Waals surface area (Å²) in [6.45, 7) is -3.07. The van der Waals surface area contributed by atoms with Gasteiger partial charge in [0.05, 0.1) is 38.4 Å². The number of anilines is 1. The number of imidazole rings is 1. The number of amides is 1. The molecule has 23 heteroatoms. The summed E-state index contributed by atoms with van der Waals surface area (Å²) in [6.07, 6.45) is -6.75. The van der Waals surface area contributed by atoms with Crippen molar-refractivity contribution in [1.29, 1.82) is 0 Å². The van der Waals surface area contributed by atoms with E-state index in [1.54, 1.807) is 0 Å². The number of fused-ring (bicyclic) bond motifs is 1. The number of hydrogen-bond donors (Lipinski definition) is 8. The maximum Gasteiger partial charge on any atom is 0.481 e. The van der Waals surface area contributed by atoms with Crippen molar-refractivity contribution < 1.29 is 67.0 Å². The molecule has 5 unspecified atom stereocenters. The summed E-state index contributed by atoms with van der Waals surface area (Å²) < 4.78 is 50.6. The van der Waals surface area contributed by atoms with Crippen molar-refractivity contribution in [2.75, 3.05) is 25.6 Å². The van der Waals surface area contributed by atoms with Gasteiger partial charge in [0.1, 0.15) is 48.1 Å². The monoisotopic (exact) mass is 665 g/mol. The van der Waals surface area contributed by atoms with Gasteiger partial charge in [0.15, 0.2) is 17.7 Å². The van der Waals surface area contributed by atoms with Gasteiger partial charge in [-0.3, -0.25) is 18.4 Å². The number of hydrogen-bond acceptors (Lipinski definition) is 17. The quantitative estimate of drug-likeness (QED) is 0.0792. The standard InChI is InChI=1S/C21H29N7O14P2/c22-18-15-20(25-8-24-18)28(9-26-15)21-17(32)16(31)14(41-21)7-40-44(36,37)42-43(34,35)39-6-13(12(30)4-29)38-5-10-2-1-3-11(27-10)19(23)33/h1-3,8-9,12-14,16-17,21,29-32H,4-7H2,(H2,23,33)(H,34,35)(H,36,37)(H2,22,24,25)/t12?,13-,14-,16?,17?,21-/m1/s1. The lowest BCUT2D eigenvalue weighted by Crippen LogP contribution is -2.36. The SMILES string of the molecule is NC(=O)c1cccc(CO[C@H](COP(=O)(O)OP(=O)(O)OC[C@H]2O[C@@H](n3cnc4c(N)ncnc43)C(O)C2O)C(O)CO)n1. The Bertz CT molecular complexity index is 1560. The third kappa shape index (κ3) is 8.17. The molecule has 0 radical (unpaired) electrons. The van der Waals surface area contributed by atoms with E-state index >= 15 is 0 Å². The predicted molar refractivity (Wildman–Crippen MR) is 143 cm³/mol. The molecule has 0 aliphatic carbocycles. The first kappa shape index (κ1) is 33.9. The molecule has 242 valence electrons. The van der Waals surface area contributed by atoms with E-state index in [0.717, 1.165) is 6.33 Å². The molecule has 0 bridgehead atoms. The maximum atomic E-state index is 12.4. The van der Waals surface area contributed by atoms with Crippen LogP contribution >= 0.6 is 15.6 Å². The number of nitrogens with zero attached hydrogens (tertiary/aromatic N) is 5. The summed E-state index contributed by atoms with van der Waals surface area (Å²) in [4.78, 5) is 47.1. The van der Waals surface area contributed by atoms with Crippen molar-refractivity contribution in [2.24, 2.45) is 5.73 Å². The highest BCUT2D eigenvalue weighted by molar-refractivity contribution is 7.61. The Labute approximate surface area is 247 Å². The lowest BCUT2D eigenvalue weighted by atomic mass is 10.1. The zero-order valence-electron chi connectivity index (χ0n) is 22.4. The van der Waals surface area contributed by atoms with E-state index in [9.17, 15) is 44.1 Å². The van der Waals surface area contributed by atoms with E-state index < -0.39 is 78.1 Å². The van der Waals surface area contributed by atoms with Gasteiger partial charge in [-0.15, -0.1) is 0 Å². The summed E-state index contributed by atoms with van der Waals surface area (Å²) in [5.41, 5.74) is 11.4. The molecule has 4 rings (SSSR count). The molecule has 1 aliphatic rings. The van der Waals surface area contributed by atoms with E-state index in [1.165, 1.54) is 29.1 Å². The van der Waals surface area contributed by atoms with Gasteiger partial charge < -0.3 is 51.2 Å². The second-order valence-electron chi connectivity index (χ2n) is 9.22. The lowest BCUT2D eigenvalue weighted by molar-refractivity contribution is -0.0855. The third-order valence-electron chi connectivity index (χ3n) is 6.13. The van der Waals surface area contributed by atoms with E-state index in [4.69, 9.17) is 25.5 Å². The minimum absolute atomic E-state index is 0.0476. The van der Waals surface area contributed by atoms with Crippen LogP contribution in [0.5, 0.6) is 0 Å².